The SMILES string of the molecule is N#CCCCCCc1nc(COCc2ccccc2)c(OCc2ccccc2)cc1OCc1ccccc1. The molecule has 0 unspecified atom stereocenters. The number of nitrogens with zero attached hydrogens (tertiary/aromatic N) is 2. The summed E-state index contributed by atoms with van der Waals surface area (Å²) >= 11 is 0. The molecule has 0 N–H and O–H groups in total. The fourth-order valence-electron chi connectivity index (χ4n) is 4.07. The van der Waals surface area contributed by atoms with Crippen molar-refractivity contribution in [3.63, 3.8) is 0 Å². The van der Waals surface area contributed by atoms with Crippen molar-refractivity contribution < 1.29 is 14.2 Å². The number of unbranched alkanes of at least 4 members (excludes halogenated alkanes) is 3. The van der Waals surface area contributed by atoms with E-state index in [-0.39, 0.29) is 0 Å². The smallest absolute Gasteiger partial charge is 0.147 e. The zero-order valence-corrected chi connectivity index (χ0v) is 21.7. The average Bonchev–Trinajstić information content (AvgIpc) is 2.97. The highest BCUT2D eigenvalue weighted by Gasteiger charge is 2.16. The van der Waals surface area contributed by atoms with Gasteiger partial charge in [0.1, 0.15) is 30.4 Å². The molecule has 0 aliphatic carbocycles. The van der Waals surface area contributed by atoms with E-state index < -0.39 is 0 Å². The average molecular weight is 507 g/mol. The maximum atomic E-state index is 8.86. The lowest BCUT2D eigenvalue weighted by Crippen LogP contribution is -2.08. The predicted molar refractivity (Wildman–Crippen MR) is 149 cm³/mol. The van der Waals surface area contributed by atoms with Gasteiger partial charge in [-0.2, -0.15) is 5.26 Å². The van der Waals surface area contributed by atoms with E-state index in [2.05, 4.69) is 6.07 Å². The molecule has 0 saturated heterocycles. The third-order valence-corrected chi connectivity index (χ3v) is 6.13. The van der Waals surface area contributed by atoms with E-state index in [9.17, 15) is 0 Å². The van der Waals surface area contributed by atoms with Crippen LogP contribution in [-0.2, 0) is 37.6 Å². The Balaban J connectivity index is 1.55. The van der Waals surface area contributed by atoms with Gasteiger partial charge < -0.3 is 14.2 Å². The molecule has 0 aliphatic rings. The fraction of sp³-hybridized carbons (Fsp3) is 0.273. The van der Waals surface area contributed by atoms with Crippen LogP contribution in [0.25, 0.3) is 0 Å². The van der Waals surface area contributed by atoms with Crippen LogP contribution in [0, 0.1) is 11.3 Å². The van der Waals surface area contributed by atoms with Crippen molar-refractivity contribution in [1.29, 1.82) is 5.26 Å². The summed E-state index contributed by atoms with van der Waals surface area (Å²) in [6.45, 7) is 1.71. The summed E-state index contributed by atoms with van der Waals surface area (Å²) in [7, 11) is 0. The predicted octanol–water partition coefficient (Wildman–Crippen LogP) is 7.58. The summed E-state index contributed by atoms with van der Waals surface area (Å²) in [5, 5.41) is 8.86. The monoisotopic (exact) mass is 506 g/mol. The maximum absolute atomic E-state index is 8.86. The summed E-state index contributed by atoms with van der Waals surface area (Å²) in [6.07, 6.45) is 4.14. The van der Waals surface area contributed by atoms with Gasteiger partial charge in [-0.15, -0.1) is 0 Å². The van der Waals surface area contributed by atoms with Crippen LogP contribution in [-0.4, -0.2) is 4.98 Å². The number of ether oxygens (including phenoxy) is 3. The first kappa shape index (κ1) is 26.9. The van der Waals surface area contributed by atoms with Gasteiger partial charge in [0.2, 0.25) is 0 Å². The summed E-state index contributed by atoms with van der Waals surface area (Å²) < 4.78 is 18.6. The fourth-order valence-corrected chi connectivity index (χ4v) is 4.07. The van der Waals surface area contributed by atoms with Crippen LogP contribution in [0.1, 0.15) is 53.8 Å². The van der Waals surface area contributed by atoms with Crippen LogP contribution in [0.15, 0.2) is 97.1 Å². The normalized spacial score (nSPS) is 10.6. The molecule has 0 radical (unpaired) electrons. The van der Waals surface area contributed by atoms with Crippen LogP contribution >= 0.6 is 0 Å². The van der Waals surface area contributed by atoms with Gasteiger partial charge in [0, 0.05) is 12.5 Å². The van der Waals surface area contributed by atoms with E-state index in [0.717, 1.165) is 59.5 Å². The summed E-state index contributed by atoms with van der Waals surface area (Å²) in [5.74, 6) is 1.39. The van der Waals surface area contributed by atoms with Crippen molar-refractivity contribution in [2.75, 3.05) is 0 Å². The van der Waals surface area contributed by atoms with E-state index in [1.54, 1.807) is 0 Å². The van der Waals surface area contributed by atoms with Gasteiger partial charge in [-0.05, 0) is 36.0 Å². The molecular weight excluding hydrogens is 472 g/mol. The van der Waals surface area contributed by atoms with Crippen molar-refractivity contribution in [1.82, 2.24) is 4.98 Å². The van der Waals surface area contributed by atoms with Crippen LogP contribution in [0.2, 0.25) is 0 Å². The first-order valence-electron chi connectivity index (χ1n) is 13.2. The van der Waals surface area contributed by atoms with Gasteiger partial charge in [-0.3, -0.25) is 0 Å². The molecule has 1 heterocycles. The minimum atomic E-state index is 0.333. The molecule has 38 heavy (non-hydrogen) atoms. The van der Waals surface area contributed by atoms with Crippen molar-refractivity contribution >= 4 is 0 Å². The Morgan fingerprint density at radius 2 is 1.11 bits per heavy atom. The standard InChI is InChI=1S/C33H34N2O3/c34-21-13-2-1-12-20-30-32(37-24-28-16-8-4-9-17-28)22-33(38-25-29-18-10-5-11-19-29)31(35-30)26-36-23-27-14-6-3-7-15-27/h3-11,14-19,22H,1-2,12-13,20,23-26H2. The molecular formula is C33H34N2O3. The largest absolute Gasteiger partial charge is 0.487 e. The molecule has 4 rings (SSSR count). The van der Waals surface area contributed by atoms with E-state index in [0.29, 0.717) is 38.6 Å². The van der Waals surface area contributed by atoms with Crippen LogP contribution in [0.5, 0.6) is 11.5 Å². The number of benzene rings is 3. The topological polar surface area (TPSA) is 64.4 Å². The minimum absolute atomic E-state index is 0.333. The molecule has 1 aromatic heterocycles. The minimum Gasteiger partial charge on any atom is -0.487 e. The number of aromatic nitrogens is 1. The Kier molecular flexibility index (Phi) is 10.8. The molecule has 5 heteroatoms. The molecule has 5 nitrogen and oxygen atoms in total. The molecule has 0 saturated carbocycles. The molecule has 0 fully saturated rings. The molecule has 0 spiro atoms. The zero-order chi connectivity index (χ0) is 26.3. The lowest BCUT2D eigenvalue weighted by molar-refractivity contribution is 0.101. The van der Waals surface area contributed by atoms with E-state index >= 15 is 0 Å². The van der Waals surface area contributed by atoms with Crippen LogP contribution in [0.4, 0.5) is 0 Å². The number of hydrogen-bond acceptors (Lipinski definition) is 5. The Morgan fingerprint density at radius 1 is 0.579 bits per heavy atom. The van der Waals surface area contributed by atoms with E-state index in [1.807, 2.05) is 97.1 Å². The Bertz CT molecular complexity index is 1270. The Hall–Kier alpha value is -4.14. The lowest BCUT2D eigenvalue weighted by atomic mass is 10.1. The van der Waals surface area contributed by atoms with Crippen LogP contribution in [0.3, 0.4) is 0 Å². The third kappa shape index (κ3) is 8.76. The lowest BCUT2D eigenvalue weighted by Gasteiger charge is -2.17. The number of aryl methyl sites for hydroxylation is 1. The van der Waals surface area contributed by atoms with E-state index in [1.165, 1.54) is 0 Å². The first-order chi connectivity index (χ1) is 18.8. The zero-order valence-electron chi connectivity index (χ0n) is 21.7. The molecule has 194 valence electrons. The molecule has 0 atom stereocenters. The molecule has 0 aliphatic heterocycles. The second kappa shape index (κ2) is 15.2. The molecule has 4 aromatic rings. The maximum Gasteiger partial charge on any atom is 0.147 e. The number of pyridine rings is 1. The van der Waals surface area contributed by atoms with Crippen molar-refractivity contribution in [3.05, 3.63) is 125 Å². The van der Waals surface area contributed by atoms with Crippen molar-refractivity contribution in [2.24, 2.45) is 0 Å². The third-order valence-electron chi connectivity index (χ3n) is 6.13. The Labute approximate surface area is 225 Å². The van der Waals surface area contributed by atoms with Gasteiger partial charge in [0.15, 0.2) is 0 Å². The van der Waals surface area contributed by atoms with Gasteiger partial charge >= 0.3 is 0 Å². The van der Waals surface area contributed by atoms with Crippen molar-refractivity contribution in [2.45, 2.75) is 58.5 Å². The number of nitriles is 1. The van der Waals surface area contributed by atoms with Crippen LogP contribution < -0.4 is 9.47 Å². The summed E-state index contributed by atoms with van der Waals surface area (Å²) in [6, 6.07) is 34.5. The number of rotatable bonds is 15. The highest BCUT2D eigenvalue weighted by Crippen LogP contribution is 2.30. The second-order valence-corrected chi connectivity index (χ2v) is 9.12. The van der Waals surface area contributed by atoms with Gasteiger partial charge in [-0.1, -0.05) is 97.4 Å². The van der Waals surface area contributed by atoms with E-state index in [4.69, 9.17) is 24.5 Å². The highest BCUT2D eigenvalue weighted by atomic mass is 16.5. The van der Waals surface area contributed by atoms with Gasteiger partial charge in [0.25, 0.3) is 0 Å². The quantitative estimate of drug-likeness (QED) is 0.155. The summed E-state index contributed by atoms with van der Waals surface area (Å²) in [4.78, 5) is 5.01. The molecule has 3 aromatic carbocycles. The Morgan fingerprint density at radius 3 is 1.66 bits per heavy atom. The van der Waals surface area contributed by atoms with Crippen molar-refractivity contribution in [3.8, 4) is 17.6 Å². The second-order valence-electron chi connectivity index (χ2n) is 9.12. The van der Waals surface area contributed by atoms with Gasteiger partial charge in [-0.25, -0.2) is 4.98 Å². The first-order valence-corrected chi connectivity index (χ1v) is 13.2. The highest BCUT2D eigenvalue weighted by molar-refractivity contribution is 5.40. The number of hydrogen-bond donors (Lipinski definition) is 0. The van der Waals surface area contributed by atoms with Gasteiger partial charge in [0.05, 0.1) is 25.0 Å². The molecule has 0 bridgehead atoms. The molecule has 0 amide bonds. The summed E-state index contributed by atoms with van der Waals surface area (Å²) in [5.41, 5.74) is 4.94.